The van der Waals surface area contributed by atoms with Crippen LogP contribution in [-0.4, -0.2) is 97.6 Å². The maximum atomic E-state index is 13.2. The first kappa shape index (κ1) is 42.6. The number of carbonyl (C=O) groups excluding carboxylic acids is 2. The molecule has 12 heteroatoms. The first-order valence-corrected chi connectivity index (χ1v) is 15.9. The van der Waals surface area contributed by atoms with Crippen LogP contribution in [0.2, 0.25) is 0 Å². The van der Waals surface area contributed by atoms with Crippen molar-refractivity contribution in [1.82, 2.24) is 0 Å². The Labute approximate surface area is 283 Å². The highest BCUT2D eigenvalue weighted by Gasteiger charge is 2.51. The molecule has 0 aliphatic carbocycles. The Morgan fingerprint density at radius 3 is 1.60 bits per heavy atom. The second-order valence-electron chi connectivity index (χ2n) is 12.8. The minimum absolute atomic E-state index is 0.138. The summed E-state index contributed by atoms with van der Waals surface area (Å²) in [7, 11) is 0. The van der Waals surface area contributed by atoms with Gasteiger partial charge < -0.3 is 44.5 Å². The molecule has 0 radical (unpaired) electrons. The zero-order chi connectivity index (χ0) is 36.9. The van der Waals surface area contributed by atoms with Gasteiger partial charge in [-0.15, -0.1) is 19.7 Å². The van der Waals surface area contributed by atoms with Crippen LogP contribution in [0.4, 0.5) is 0 Å². The summed E-state index contributed by atoms with van der Waals surface area (Å²) < 4.78 is 23.3. The van der Waals surface area contributed by atoms with Crippen LogP contribution in [0.15, 0.2) is 72.9 Å². The molecule has 0 aromatic rings. The fourth-order valence-electron chi connectivity index (χ4n) is 4.52. The third-order valence-corrected chi connectivity index (χ3v) is 8.25. The van der Waals surface area contributed by atoms with Gasteiger partial charge in [0, 0.05) is 16.7 Å². The standard InChI is InChI=1S/C36H54O12/c1-10-34(7,43)19-13-17-24(5)31(41)46-28-26(22-37)45-33(48-36(9,12-3)21-15-16-23(4)30(39)40)27(38)29(28)47-32(42)25(6)18-14-20-35(8,44)11-2/h10-12,16-18,26-29,33,37-38,43-44H,1-3,13-15,19-22H2,4-9H3,(H,39,40)/b23-16+,24-17+,25-18+/t26-,27-,28-,29-,33+,34+,35-,36+/m1/s1. The molecule has 270 valence electrons. The molecule has 0 bridgehead atoms. The molecule has 1 rings (SSSR count). The van der Waals surface area contributed by atoms with Gasteiger partial charge in [0.1, 0.15) is 12.2 Å². The van der Waals surface area contributed by atoms with Gasteiger partial charge in [0.25, 0.3) is 0 Å². The van der Waals surface area contributed by atoms with E-state index in [9.17, 15) is 34.8 Å². The zero-order valence-corrected chi connectivity index (χ0v) is 29.0. The van der Waals surface area contributed by atoms with Gasteiger partial charge in [-0.3, -0.25) is 0 Å². The molecule has 0 aromatic carbocycles. The average Bonchev–Trinajstić information content (AvgIpc) is 3.03. The predicted molar refractivity (Wildman–Crippen MR) is 179 cm³/mol. The van der Waals surface area contributed by atoms with Crippen molar-refractivity contribution in [3.8, 4) is 0 Å². The molecular formula is C36H54O12. The summed E-state index contributed by atoms with van der Waals surface area (Å²) in [4.78, 5) is 37.6. The molecule has 0 unspecified atom stereocenters. The van der Waals surface area contributed by atoms with Gasteiger partial charge in [-0.1, -0.05) is 36.5 Å². The van der Waals surface area contributed by atoms with Crippen molar-refractivity contribution in [2.24, 2.45) is 0 Å². The Hall–Kier alpha value is -3.39. The van der Waals surface area contributed by atoms with Crippen LogP contribution in [0, 0.1) is 0 Å². The Balaban J connectivity index is 3.37. The van der Waals surface area contributed by atoms with Gasteiger partial charge in [0.2, 0.25) is 0 Å². The van der Waals surface area contributed by atoms with Crippen LogP contribution in [0.25, 0.3) is 0 Å². The van der Waals surface area contributed by atoms with Crippen molar-refractivity contribution in [2.75, 3.05) is 6.61 Å². The number of aliphatic carboxylic acids is 1. The summed E-state index contributed by atoms with van der Waals surface area (Å²) in [6.07, 6.45) is 3.01. The molecule has 12 nitrogen and oxygen atoms in total. The lowest BCUT2D eigenvalue weighted by Crippen LogP contribution is -2.62. The van der Waals surface area contributed by atoms with Crippen molar-refractivity contribution in [2.45, 2.75) is 128 Å². The van der Waals surface area contributed by atoms with E-state index in [1.807, 2.05) is 0 Å². The maximum Gasteiger partial charge on any atom is 0.333 e. The predicted octanol–water partition coefficient (Wildman–Crippen LogP) is 3.99. The Bertz CT molecular complexity index is 1240. The monoisotopic (exact) mass is 678 g/mol. The number of allylic oxidation sites excluding steroid dienone is 3. The summed E-state index contributed by atoms with van der Waals surface area (Å²) in [6.45, 7) is 19.5. The van der Waals surface area contributed by atoms with Gasteiger partial charge in [0.05, 0.1) is 23.4 Å². The lowest BCUT2D eigenvalue weighted by atomic mass is 9.96. The van der Waals surface area contributed by atoms with Gasteiger partial charge in [-0.05, 0) is 80.1 Å². The number of carboxylic acids is 1. The summed E-state index contributed by atoms with van der Waals surface area (Å²) in [6, 6.07) is 0. The van der Waals surface area contributed by atoms with E-state index in [1.165, 1.54) is 45.1 Å². The van der Waals surface area contributed by atoms with Gasteiger partial charge in [0.15, 0.2) is 18.5 Å². The molecule has 1 fully saturated rings. The fourth-order valence-corrected chi connectivity index (χ4v) is 4.52. The van der Waals surface area contributed by atoms with Gasteiger partial charge >= 0.3 is 17.9 Å². The fraction of sp³-hybridized carbons (Fsp3) is 0.583. The molecular weight excluding hydrogens is 624 g/mol. The van der Waals surface area contributed by atoms with Crippen LogP contribution < -0.4 is 0 Å². The first-order chi connectivity index (χ1) is 22.2. The van der Waals surface area contributed by atoms with E-state index in [0.717, 1.165) is 0 Å². The minimum Gasteiger partial charge on any atom is -0.478 e. The molecule has 1 saturated heterocycles. The number of hydrogen-bond donors (Lipinski definition) is 5. The molecule has 8 atom stereocenters. The first-order valence-electron chi connectivity index (χ1n) is 15.9. The molecule has 0 amide bonds. The topological polar surface area (TPSA) is 189 Å². The SMILES string of the molecule is C=C[C@](C)(O)CC/C=C(\C)C(=O)O[C@H]1[C@H](OC(=O)/C(C)=C/CC[C@](C)(O)C=C)[C@@H](O)[C@H](O[C@@](C)(C=C)CC/C=C(\C)C(=O)O)O[C@@H]1CO. The lowest BCUT2D eigenvalue weighted by molar-refractivity contribution is -0.322. The summed E-state index contributed by atoms with van der Waals surface area (Å²) in [5.41, 5.74) is -3.00. The molecule has 0 saturated carbocycles. The van der Waals surface area contributed by atoms with Crippen LogP contribution in [0.5, 0.6) is 0 Å². The maximum absolute atomic E-state index is 13.2. The van der Waals surface area contributed by atoms with E-state index in [-0.39, 0.29) is 42.4 Å². The van der Waals surface area contributed by atoms with Crippen molar-refractivity contribution in [3.05, 3.63) is 72.9 Å². The average molecular weight is 679 g/mol. The third-order valence-electron chi connectivity index (χ3n) is 8.25. The second kappa shape index (κ2) is 19.0. The lowest BCUT2D eigenvalue weighted by Gasteiger charge is -2.45. The summed E-state index contributed by atoms with van der Waals surface area (Å²) in [5.74, 6) is -2.75. The van der Waals surface area contributed by atoms with Crippen molar-refractivity contribution in [1.29, 1.82) is 0 Å². The van der Waals surface area contributed by atoms with Crippen molar-refractivity contribution >= 4 is 17.9 Å². The van der Waals surface area contributed by atoms with Crippen LogP contribution in [-0.2, 0) is 33.3 Å². The van der Waals surface area contributed by atoms with E-state index in [0.29, 0.717) is 12.8 Å². The molecule has 1 aliphatic rings. The number of ether oxygens (including phenoxy) is 4. The molecule has 48 heavy (non-hydrogen) atoms. The van der Waals surface area contributed by atoms with Crippen molar-refractivity contribution < 1.29 is 58.9 Å². The summed E-state index contributed by atoms with van der Waals surface area (Å²) in [5, 5.41) is 51.3. The van der Waals surface area contributed by atoms with E-state index in [2.05, 4.69) is 19.7 Å². The molecule has 5 N–H and O–H groups in total. The van der Waals surface area contributed by atoms with Crippen LogP contribution in [0.3, 0.4) is 0 Å². The Morgan fingerprint density at radius 1 is 0.750 bits per heavy atom. The number of rotatable bonds is 20. The number of esters is 2. The number of aliphatic hydroxyl groups is 4. The quantitative estimate of drug-likeness (QED) is 0.0709. The smallest absolute Gasteiger partial charge is 0.333 e. The number of carboxylic acid groups (broad SMARTS) is 1. The highest BCUT2D eigenvalue weighted by molar-refractivity contribution is 5.89. The third kappa shape index (κ3) is 13.6. The molecule has 1 aliphatic heterocycles. The second-order valence-corrected chi connectivity index (χ2v) is 12.8. The zero-order valence-electron chi connectivity index (χ0n) is 29.0. The van der Waals surface area contributed by atoms with Gasteiger partial charge in [-0.2, -0.15) is 0 Å². The van der Waals surface area contributed by atoms with E-state index < -0.39 is 72.0 Å². The molecule has 0 aromatic heterocycles. The molecule has 1 heterocycles. The normalized spacial score (nSPS) is 25.9. The van der Waals surface area contributed by atoms with E-state index >= 15 is 0 Å². The molecule has 0 spiro atoms. The minimum atomic E-state index is -1.72. The number of aliphatic hydroxyl groups excluding tert-OH is 2. The Morgan fingerprint density at radius 2 is 1.19 bits per heavy atom. The summed E-state index contributed by atoms with van der Waals surface area (Å²) >= 11 is 0. The number of carbonyl (C=O) groups is 3. The van der Waals surface area contributed by atoms with Gasteiger partial charge in [-0.25, -0.2) is 14.4 Å². The van der Waals surface area contributed by atoms with Crippen molar-refractivity contribution in [3.63, 3.8) is 0 Å². The largest absolute Gasteiger partial charge is 0.478 e. The van der Waals surface area contributed by atoms with Crippen LogP contribution >= 0.6 is 0 Å². The van der Waals surface area contributed by atoms with E-state index in [4.69, 9.17) is 24.1 Å². The highest BCUT2D eigenvalue weighted by Crippen LogP contribution is 2.32. The highest BCUT2D eigenvalue weighted by atomic mass is 16.7. The van der Waals surface area contributed by atoms with E-state index in [1.54, 1.807) is 32.9 Å². The van der Waals surface area contributed by atoms with Crippen LogP contribution in [0.1, 0.15) is 80.1 Å². The Kier molecular flexibility index (Phi) is 16.8. The number of hydrogen-bond acceptors (Lipinski definition) is 11.